The fraction of sp³-hybridized carbons (Fsp3) is 0.455. The van der Waals surface area contributed by atoms with Crippen molar-refractivity contribution in [1.29, 1.82) is 0 Å². The molecule has 0 unspecified atom stereocenters. The van der Waals surface area contributed by atoms with Gasteiger partial charge in [0.2, 0.25) is 10.0 Å². The van der Waals surface area contributed by atoms with Crippen LogP contribution in [0.4, 0.5) is 4.39 Å². The van der Waals surface area contributed by atoms with Gasteiger partial charge in [0.1, 0.15) is 5.82 Å². The van der Waals surface area contributed by atoms with Crippen LogP contribution in [0.3, 0.4) is 0 Å². The molecule has 17 heavy (non-hydrogen) atoms. The standard InChI is InChI=1S/C11H17FN2O2S/c1-8(2)14-17(15,16)10-4-5-11(12)9(6-10)7-13-3/h4-6,8,13-14H,7H2,1-3H3. The van der Waals surface area contributed by atoms with Gasteiger partial charge in [-0.25, -0.2) is 17.5 Å². The first-order valence-corrected chi connectivity index (χ1v) is 6.80. The van der Waals surface area contributed by atoms with Gasteiger partial charge in [-0.1, -0.05) is 0 Å². The van der Waals surface area contributed by atoms with E-state index >= 15 is 0 Å². The molecule has 0 saturated heterocycles. The second-order valence-electron chi connectivity index (χ2n) is 4.06. The fourth-order valence-electron chi connectivity index (χ4n) is 1.42. The van der Waals surface area contributed by atoms with Crippen LogP contribution in [0.25, 0.3) is 0 Å². The molecule has 0 amide bonds. The molecule has 2 N–H and O–H groups in total. The highest BCUT2D eigenvalue weighted by atomic mass is 32.2. The summed E-state index contributed by atoms with van der Waals surface area (Å²) in [6.07, 6.45) is 0. The highest BCUT2D eigenvalue weighted by Crippen LogP contribution is 2.15. The molecule has 0 aromatic heterocycles. The van der Waals surface area contributed by atoms with Crippen molar-refractivity contribution in [3.8, 4) is 0 Å². The molecule has 0 aliphatic rings. The van der Waals surface area contributed by atoms with Crippen molar-refractivity contribution in [2.75, 3.05) is 7.05 Å². The average Bonchev–Trinajstić information content (AvgIpc) is 2.19. The van der Waals surface area contributed by atoms with Gasteiger partial charge >= 0.3 is 0 Å². The van der Waals surface area contributed by atoms with E-state index in [1.54, 1.807) is 20.9 Å². The van der Waals surface area contributed by atoms with Crippen molar-refractivity contribution in [3.63, 3.8) is 0 Å². The topological polar surface area (TPSA) is 58.2 Å². The van der Waals surface area contributed by atoms with Crippen LogP contribution < -0.4 is 10.0 Å². The van der Waals surface area contributed by atoms with Gasteiger partial charge in [-0.15, -0.1) is 0 Å². The summed E-state index contributed by atoms with van der Waals surface area (Å²) in [6.45, 7) is 3.75. The van der Waals surface area contributed by atoms with E-state index in [0.717, 1.165) is 0 Å². The van der Waals surface area contributed by atoms with E-state index in [2.05, 4.69) is 10.0 Å². The molecule has 0 spiro atoms. The van der Waals surface area contributed by atoms with Crippen molar-refractivity contribution in [2.45, 2.75) is 31.3 Å². The number of rotatable bonds is 5. The third-order valence-electron chi connectivity index (χ3n) is 2.09. The van der Waals surface area contributed by atoms with Crippen LogP contribution >= 0.6 is 0 Å². The Morgan fingerprint density at radius 2 is 2.00 bits per heavy atom. The van der Waals surface area contributed by atoms with Crippen LogP contribution in [-0.4, -0.2) is 21.5 Å². The molecule has 96 valence electrons. The minimum atomic E-state index is -3.56. The number of sulfonamides is 1. The molecule has 0 saturated carbocycles. The molecule has 1 aromatic carbocycles. The molecule has 6 heteroatoms. The molecule has 1 aromatic rings. The van der Waals surface area contributed by atoms with Gasteiger partial charge in [-0.05, 0) is 39.1 Å². The molecule has 0 aliphatic carbocycles. The number of nitrogens with one attached hydrogen (secondary N) is 2. The Hall–Kier alpha value is -0.980. The summed E-state index contributed by atoms with van der Waals surface area (Å²) >= 11 is 0. The van der Waals surface area contributed by atoms with Gasteiger partial charge in [0.05, 0.1) is 4.90 Å². The molecule has 1 rings (SSSR count). The first-order valence-electron chi connectivity index (χ1n) is 5.32. The quantitative estimate of drug-likeness (QED) is 0.837. The maximum absolute atomic E-state index is 13.4. The summed E-state index contributed by atoms with van der Waals surface area (Å²) in [5.74, 6) is -0.414. The lowest BCUT2D eigenvalue weighted by Crippen LogP contribution is -2.30. The van der Waals surface area contributed by atoms with Crippen LogP contribution in [0.15, 0.2) is 23.1 Å². The fourth-order valence-corrected chi connectivity index (χ4v) is 2.72. The van der Waals surface area contributed by atoms with Crippen molar-refractivity contribution < 1.29 is 12.8 Å². The van der Waals surface area contributed by atoms with E-state index in [-0.39, 0.29) is 17.5 Å². The molecule has 0 bridgehead atoms. The number of halogens is 1. The summed E-state index contributed by atoms with van der Waals surface area (Å²) in [7, 11) is -1.89. The second kappa shape index (κ2) is 5.57. The largest absolute Gasteiger partial charge is 0.316 e. The second-order valence-corrected chi connectivity index (χ2v) is 5.77. The number of hydrogen-bond acceptors (Lipinski definition) is 3. The van der Waals surface area contributed by atoms with Gasteiger partial charge in [0.15, 0.2) is 0 Å². The van der Waals surface area contributed by atoms with Crippen LogP contribution in [0.1, 0.15) is 19.4 Å². The van der Waals surface area contributed by atoms with E-state index in [9.17, 15) is 12.8 Å². The van der Waals surface area contributed by atoms with Crippen molar-refractivity contribution in [1.82, 2.24) is 10.0 Å². The third kappa shape index (κ3) is 3.76. The third-order valence-corrected chi connectivity index (χ3v) is 3.74. The Morgan fingerprint density at radius 3 is 2.53 bits per heavy atom. The zero-order valence-electron chi connectivity index (χ0n) is 10.1. The van der Waals surface area contributed by atoms with Crippen molar-refractivity contribution >= 4 is 10.0 Å². The van der Waals surface area contributed by atoms with Crippen LogP contribution in [0, 0.1) is 5.82 Å². The van der Waals surface area contributed by atoms with Crippen molar-refractivity contribution in [3.05, 3.63) is 29.6 Å². The molecule has 0 fully saturated rings. The normalized spacial score (nSPS) is 12.1. The molecular formula is C11H17FN2O2S. The highest BCUT2D eigenvalue weighted by molar-refractivity contribution is 7.89. The minimum absolute atomic E-state index is 0.0813. The lowest BCUT2D eigenvalue weighted by molar-refractivity contribution is 0.567. The van der Waals surface area contributed by atoms with Crippen LogP contribution in [0.5, 0.6) is 0 Å². The Bertz CT molecular complexity index is 486. The highest BCUT2D eigenvalue weighted by Gasteiger charge is 2.16. The Labute approximate surface area is 101 Å². The number of hydrogen-bond donors (Lipinski definition) is 2. The molecule has 0 heterocycles. The Balaban J connectivity index is 3.11. The summed E-state index contributed by atoms with van der Waals surface area (Å²) in [5.41, 5.74) is 0.333. The molecule has 4 nitrogen and oxygen atoms in total. The minimum Gasteiger partial charge on any atom is -0.316 e. The lowest BCUT2D eigenvalue weighted by Gasteiger charge is -2.11. The first-order chi connectivity index (χ1) is 7.86. The number of benzene rings is 1. The van der Waals surface area contributed by atoms with Gasteiger partial charge in [0, 0.05) is 18.2 Å². The predicted molar refractivity (Wildman–Crippen MR) is 64.6 cm³/mol. The summed E-state index contributed by atoms with van der Waals surface area (Å²) < 4.78 is 39.5. The van der Waals surface area contributed by atoms with E-state index in [4.69, 9.17) is 0 Å². The summed E-state index contributed by atoms with van der Waals surface area (Å²) in [4.78, 5) is 0.0813. The SMILES string of the molecule is CNCc1cc(S(=O)(=O)NC(C)C)ccc1F. The Kier molecular flexibility index (Phi) is 4.62. The first kappa shape index (κ1) is 14.1. The molecule has 0 radical (unpaired) electrons. The molecule has 0 atom stereocenters. The van der Waals surface area contributed by atoms with Gasteiger partial charge in [-0.3, -0.25) is 0 Å². The average molecular weight is 260 g/mol. The van der Waals surface area contributed by atoms with Crippen LogP contribution in [0.2, 0.25) is 0 Å². The van der Waals surface area contributed by atoms with Gasteiger partial charge < -0.3 is 5.32 Å². The zero-order chi connectivity index (χ0) is 13.1. The maximum Gasteiger partial charge on any atom is 0.240 e. The maximum atomic E-state index is 13.4. The summed E-state index contributed by atoms with van der Waals surface area (Å²) in [5, 5.41) is 2.79. The monoisotopic (exact) mass is 260 g/mol. The zero-order valence-corrected chi connectivity index (χ0v) is 10.9. The van der Waals surface area contributed by atoms with E-state index in [0.29, 0.717) is 5.56 Å². The van der Waals surface area contributed by atoms with Gasteiger partial charge in [0.25, 0.3) is 0 Å². The lowest BCUT2D eigenvalue weighted by atomic mass is 10.2. The predicted octanol–water partition coefficient (Wildman–Crippen LogP) is 1.23. The van der Waals surface area contributed by atoms with E-state index in [1.807, 2.05) is 0 Å². The van der Waals surface area contributed by atoms with Gasteiger partial charge in [-0.2, -0.15) is 0 Å². The Morgan fingerprint density at radius 1 is 1.35 bits per heavy atom. The van der Waals surface area contributed by atoms with Crippen molar-refractivity contribution in [2.24, 2.45) is 0 Å². The van der Waals surface area contributed by atoms with Crippen LogP contribution in [-0.2, 0) is 16.6 Å². The van der Waals surface area contributed by atoms with E-state index < -0.39 is 15.8 Å². The molecule has 0 aliphatic heterocycles. The molecular weight excluding hydrogens is 243 g/mol. The smallest absolute Gasteiger partial charge is 0.240 e. The van der Waals surface area contributed by atoms with E-state index in [1.165, 1.54) is 18.2 Å². The summed E-state index contributed by atoms with van der Waals surface area (Å²) in [6, 6.07) is 3.58.